The maximum atomic E-state index is 14.1. The first kappa shape index (κ1) is 22.3. The fraction of sp³-hybridized carbons (Fsp3) is 0.652. The summed E-state index contributed by atoms with van der Waals surface area (Å²) < 4.78 is 0.995. The summed E-state index contributed by atoms with van der Waals surface area (Å²) in [7, 11) is 4.12. The zero-order valence-corrected chi connectivity index (χ0v) is 20.4. The number of rotatable bonds is 5. The summed E-state index contributed by atoms with van der Waals surface area (Å²) >= 11 is 8.04. The maximum Gasteiger partial charge on any atom is 0.235 e. The van der Waals surface area contributed by atoms with Crippen LogP contribution in [0.1, 0.15) is 44.1 Å². The molecule has 4 nitrogen and oxygen atoms in total. The van der Waals surface area contributed by atoms with Crippen LogP contribution in [0.3, 0.4) is 0 Å². The van der Waals surface area contributed by atoms with Crippen molar-refractivity contribution in [3.8, 4) is 0 Å². The molecule has 0 saturated heterocycles. The Morgan fingerprint density at radius 1 is 1.13 bits per heavy atom. The second-order valence-corrected chi connectivity index (χ2v) is 11.4. The van der Waals surface area contributed by atoms with Crippen molar-refractivity contribution in [2.45, 2.75) is 45.4 Å². The smallest absolute Gasteiger partial charge is 0.235 e. The fourth-order valence-electron chi connectivity index (χ4n) is 6.45. The van der Waals surface area contributed by atoms with Crippen molar-refractivity contribution in [3.05, 3.63) is 22.7 Å². The minimum absolute atomic E-state index is 0. The van der Waals surface area contributed by atoms with Gasteiger partial charge in [0.05, 0.1) is 20.7 Å². The Balaban J connectivity index is 0.00000218. The Labute approximate surface area is 194 Å². The minimum atomic E-state index is -0.155. The molecule has 6 rings (SSSR count). The van der Waals surface area contributed by atoms with Gasteiger partial charge in [0.2, 0.25) is 5.91 Å². The molecule has 1 aromatic heterocycles. The zero-order valence-electron chi connectivity index (χ0n) is 18.0. The van der Waals surface area contributed by atoms with Gasteiger partial charge in [0.1, 0.15) is 0 Å². The number of amides is 1. The SMILES string of the molecule is Cc1ccc(Cl)c2sc(N(CCN(C)C)C(=O)C34CC5CC(CC(C5)C3)C4)nc12.Cl. The summed E-state index contributed by atoms with van der Waals surface area (Å²) in [5.41, 5.74) is 1.89. The molecular formula is C23H31Cl2N3OS. The summed E-state index contributed by atoms with van der Waals surface area (Å²) in [6.07, 6.45) is 7.30. The first-order valence-electron chi connectivity index (χ1n) is 10.9. The molecule has 1 amide bonds. The molecule has 4 saturated carbocycles. The molecule has 0 aliphatic heterocycles. The molecule has 164 valence electrons. The van der Waals surface area contributed by atoms with Gasteiger partial charge in [-0.2, -0.15) is 0 Å². The first-order chi connectivity index (χ1) is 13.8. The van der Waals surface area contributed by atoms with Crippen LogP contribution in [0.5, 0.6) is 0 Å². The number of aromatic nitrogens is 1. The Morgan fingerprint density at radius 3 is 2.27 bits per heavy atom. The topological polar surface area (TPSA) is 36.4 Å². The summed E-state index contributed by atoms with van der Waals surface area (Å²) in [5, 5.41) is 1.54. The van der Waals surface area contributed by atoms with Crippen molar-refractivity contribution >= 4 is 56.6 Å². The number of thiazole rings is 1. The average Bonchev–Trinajstić information content (AvgIpc) is 3.10. The molecule has 0 unspecified atom stereocenters. The number of carbonyl (C=O) groups is 1. The molecule has 30 heavy (non-hydrogen) atoms. The van der Waals surface area contributed by atoms with Gasteiger partial charge < -0.3 is 4.90 Å². The first-order valence-corrected chi connectivity index (χ1v) is 12.1. The van der Waals surface area contributed by atoms with Crippen LogP contribution in [0.25, 0.3) is 10.2 Å². The third-order valence-corrected chi connectivity index (χ3v) is 8.96. The molecule has 0 N–H and O–H groups in total. The van der Waals surface area contributed by atoms with E-state index >= 15 is 0 Å². The number of benzene rings is 1. The molecule has 4 aliphatic rings. The van der Waals surface area contributed by atoms with E-state index in [1.165, 1.54) is 19.3 Å². The van der Waals surface area contributed by atoms with E-state index in [0.717, 1.165) is 69.5 Å². The third-order valence-electron chi connectivity index (χ3n) is 7.42. The molecule has 4 fully saturated rings. The van der Waals surface area contributed by atoms with Gasteiger partial charge in [-0.3, -0.25) is 9.69 Å². The zero-order chi connectivity index (χ0) is 20.3. The van der Waals surface area contributed by atoms with Gasteiger partial charge in [-0.15, -0.1) is 12.4 Å². The fourth-order valence-corrected chi connectivity index (χ4v) is 7.79. The van der Waals surface area contributed by atoms with Crippen molar-refractivity contribution in [2.24, 2.45) is 23.2 Å². The number of aryl methyl sites for hydroxylation is 1. The van der Waals surface area contributed by atoms with E-state index in [2.05, 4.69) is 25.9 Å². The predicted octanol–water partition coefficient (Wildman–Crippen LogP) is 5.79. The molecule has 0 atom stereocenters. The van der Waals surface area contributed by atoms with Crippen LogP contribution in [0, 0.1) is 30.1 Å². The summed E-state index contributed by atoms with van der Waals surface area (Å²) in [6.45, 7) is 3.58. The van der Waals surface area contributed by atoms with Crippen molar-refractivity contribution < 1.29 is 4.79 Å². The number of anilines is 1. The summed E-state index contributed by atoms with van der Waals surface area (Å²) in [5.74, 6) is 2.60. The minimum Gasteiger partial charge on any atom is -0.308 e. The van der Waals surface area contributed by atoms with E-state index in [9.17, 15) is 4.79 Å². The summed E-state index contributed by atoms with van der Waals surface area (Å²) in [4.78, 5) is 23.2. The average molecular weight is 468 g/mol. The van der Waals surface area contributed by atoms with Crippen molar-refractivity contribution in [2.75, 3.05) is 32.1 Å². The third kappa shape index (κ3) is 3.76. The number of fused-ring (bicyclic) bond motifs is 1. The van der Waals surface area contributed by atoms with E-state index in [1.807, 2.05) is 17.0 Å². The van der Waals surface area contributed by atoms with Crippen molar-refractivity contribution in [1.82, 2.24) is 9.88 Å². The summed E-state index contributed by atoms with van der Waals surface area (Å²) in [6, 6.07) is 3.95. The van der Waals surface area contributed by atoms with Crippen LogP contribution < -0.4 is 4.90 Å². The second-order valence-electron chi connectivity index (χ2n) is 10.00. The molecule has 0 radical (unpaired) electrons. The lowest BCUT2D eigenvalue weighted by Crippen LogP contribution is -2.55. The van der Waals surface area contributed by atoms with E-state index in [1.54, 1.807) is 11.3 Å². The Morgan fingerprint density at radius 2 is 1.73 bits per heavy atom. The van der Waals surface area contributed by atoms with Crippen LogP contribution in [0.15, 0.2) is 12.1 Å². The highest BCUT2D eigenvalue weighted by atomic mass is 35.5. The molecule has 0 spiro atoms. The van der Waals surface area contributed by atoms with E-state index in [4.69, 9.17) is 16.6 Å². The van der Waals surface area contributed by atoms with Crippen molar-refractivity contribution in [3.63, 3.8) is 0 Å². The van der Waals surface area contributed by atoms with E-state index < -0.39 is 0 Å². The van der Waals surface area contributed by atoms with Gasteiger partial charge in [-0.1, -0.05) is 29.0 Å². The van der Waals surface area contributed by atoms with E-state index in [-0.39, 0.29) is 17.8 Å². The van der Waals surface area contributed by atoms with Crippen LogP contribution in [0.4, 0.5) is 5.13 Å². The molecule has 7 heteroatoms. The van der Waals surface area contributed by atoms with Gasteiger partial charge in [-0.25, -0.2) is 4.98 Å². The Bertz CT molecular complexity index is 883. The lowest BCUT2D eigenvalue weighted by Gasteiger charge is -2.56. The number of hydrogen-bond donors (Lipinski definition) is 0. The quantitative estimate of drug-likeness (QED) is 0.557. The standard InChI is InChI=1S/C23H30ClN3OS.ClH/c1-14-4-5-18(24)20-19(14)25-22(29-20)27(7-6-26(2)3)21(28)23-11-15-8-16(12-23)10-17(9-15)13-23;/h4-5,15-17H,6-13H2,1-3H3;1H. The van der Waals surface area contributed by atoms with E-state index in [0.29, 0.717) is 12.5 Å². The number of halogens is 2. The highest BCUT2D eigenvalue weighted by Gasteiger charge is 2.56. The largest absolute Gasteiger partial charge is 0.308 e. The van der Waals surface area contributed by atoms with Crippen LogP contribution in [0.2, 0.25) is 5.02 Å². The molecule has 1 heterocycles. The monoisotopic (exact) mass is 467 g/mol. The lowest BCUT2D eigenvalue weighted by atomic mass is 9.49. The number of carbonyl (C=O) groups excluding carboxylic acids is 1. The number of likely N-dealkylation sites (N-methyl/N-ethyl adjacent to an activating group) is 1. The van der Waals surface area contributed by atoms with Crippen LogP contribution >= 0.6 is 35.3 Å². The second kappa shape index (κ2) is 8.23. The molecule has 4 aliphatic carbocycles. The molecular weight excluding hydrogens is 437 g/mol. The van der Waals surface area contributed by atoms with Crippen molar-refractivity contribution in [1.29, 1.82) is 0 Å². The number of nitrogens with zero attached hydrogens (tertiary/aromatic N) is 3. The predicted molar refractivity (Wildman–Crippen MR) is 128 cm³/mol. The van der Waals surface area contributed by atoms with Gasteiger partial charge >= 0.3 is 0 Å². The Hall–Kier alpha value is -0.880. The highest BCUT2D eigenvalue weighted by Crippen LogP contribution is 2.60. The Kier molecular flexibility index (Phi) is 6.13. The van der Waals surface area contributed by atoms with Gasteiger partial charge in [0.15, 0.2) is 5.13 Å². The van der Waals surface area contributed by atoms with Crippen LogP contribution in [-0.2, 0) is 4.79 Å². The normalized spacial score (nSPS) is 29.4. The molecule has 1 aromatic carbocycles. The van der Waals surface area contributed by atoms with Gasteiger partial charge in [0, 0.05) is 13.1 Å². The van der Waals surface area contributed by atoms with Crippen LogP contribution in [-0.4, -0.2) is 43.0 Å². The highest BCUT2D eigenvalue weighted by molar-refractivity contribution is 7.23. The molecule has 4 bridgehead atoms. The molecule has 2 aromatic rings. The van der Waals surface area contributed by atoms with Gasteiger partial charge in [0.25, 0.3) is 0 Å². The maximum absolute atomic E-state index is 14.1. The van der Waals surface area contributed by atoms with Gasteiger partial charge in [-0.05, 0) is 88.9 Å². The lowest BCUT2D eigenvalue weighted by molar-refractivity contribution is -0.143. The number of hydrogen-bond acceptors (Lipinski definition) is 4.